The average Bonchev–Trinajstić information content (AvgIpc) is 3.13. The number of rotatable bonds is 10. The molecule has 0 fully saturated rings. The van der Waals surface area contributed by atoms with Crippen LogP contribution >= 0.6 is 0 Å². The molecule has 2 aromatic rings. The SMILES string of the molecule is COC[C@H](NC(=O)OCC1c2ccccc2-c2ccccc21)C(=O)NC(CC=C(C)C)C(=O)O. The zero-order chi connectivity index (χ0) is 24.7. The lowest BCUT2D eigenvalue weighted by atomic mass is 9.98. The molecular weight excluding hydrogens is 436 g/mol. The molecule has 2 atom stereocenters. The van der Waals surface area contributed by atoms with Gasteiger partial charge < -0.3 is 25.2 Å². The number of nitrogens with one attached hydrogen (secondary N) is 2. The minimum Gasteiger partial charge on any atom is -0.480 e. The summed E-state index contributed by atoms with van der Waals surface area (Å²) in [7, 11) is 1.39. The van der Waals surface area contributed by atoms with Crippen molar-refractivity contribution in [1.82, 2.24) is 10.6 Å². The average molecular weight is 467 g/mol. The fourth-order valence-corrected chi connectivity index (χ4v) is 3.98. The number of aliphatic carboxylic acids is 1. The van der Waals surface area contributed by atoms with Crippen molar-refractivity contribution in [3.05, 3.63) is 71.3 Å². The van der Waals surface area contributed by atoms with Crippen LogP contribution in [0.3, 0.4) is 0 Å². The number of benzene rings is 2. The molecule has 1 unspecified atom stereocenters. The minimum absolute atomic E-state index is 0.0967. The molecule has 1 aliphatic rings. The number of carbonyl (C=O) groups is 3. The first-order valence-corrected chi connectivity index (χ1v) is 11.1. The molecule has 8 nitrogen and oxygen atoms in total. The van der Waals surface area contributed by atoms with Crippen LogP contribution in [0.4, 0.5) is 4.79 Å². The van der Waals surface area contributed by atoms with Crippen molar-refractivity contribution in [2.75, 3.05) is 20.3 Å². The Balaban J connectivity index is 1.63. The van der Waals surface area contributed by atoms with Crippen molar-refractivity contribution in [2.24, 2.45) is 0 Å². The summed E-state index contributed by atoms with van der Waals surface area (Å²) in [6, 6.07) is 13.7. The van der Waals surface area contributed by atoms with Gasteiger partial charge in [0.2, 0.25) is 5.91 Å². The van der Waals surface area contributed by atoms with E-state index in [-0.39, 0.29) is 25.6 Å². The zero-order valence-electron chi connectivity index (χ0n) is 19.5. The predicted octanol–water partition coefficient (Wildman–Crippen LogP) is 3.47. The number of carboxylic acids is 1. The van der Waals surface area contributed by atoms with Crippen molar-refractivity contribution in [3.63, 3.8) is 0 Å². The van der Waals surface area contributed by atoms with Gasteiger partial charge in [-0.15, -0.1) is 0 Å². The Morgan fingerprint density at radius 3 is 2.09 bits per heavy atom. The van der Waals surface area contributed by atoms with Gasteiger partial charge in [0.05, 0.1) is 6.61 Å². The molecule has 0 radical (unpaired) electrons. The Kier molecular flexibility index (Phi) is 8.43. The first-order valence-electron chi connectivity index (χ1n) is 11.1. The van der Waals surface area contributed by atoms with Crippen LogP contribution < -0.4 is 10.6 Å². The van der Waals surface area contributed by atoms with E-state index >= 15 is 0 Å². The molecule has 0 saturated heterocycles. The maximum atomic E-state index is 12.7. The van der Waals surface area contributed by atoms with E-state index in [1.54, 1.807) is 6.08 Å². The molecule has 34 heavy (non-hydrogen) atoms. The summed E-state index contributed by atoms with van der Waals surface area (Å²) < 4.78 is 10.5. The molecule has 8 heteroatoms. The van der Waals surface area contributed by atoms with Crippen molar-refractivity contribution >= 4 is 18.0 Å². The van der Waals surface area contributed by atoms with Crippen molar-refractivity contribution in [2.45, 2.75) is 38.3 Å². The van der Waals surface area contributed by atoms with Gasteiger partial charge in [0, 0.05) is 13.0 Å². The Bertz CT molecular complexity index is 1030. The third kappa shape index (κ3) is 6.02. The van der Waals surface area contributed by atoms with Crippen molar-refractivity contribution in [3.8, 4) is 11.1 Å². The minimum atomic E-state index is -1.16. The number of carbonyl (C=O) groups excluding carboxylic acids is 2. The van der Waals surface area contributed by atoms with Gasteiger partial charge in [0.1, 0.15) is 18.7 Å². The lowest BCUT2D eigenvalue weighted by Crippen LogP contribution is -2.53. The van der Waals surface area contributed by atoms with Gasteiger partial charge >= 0.3 is 12.1 Å². The molecule has 0 aromatic heterocycles. The fourth-order valence-electron chi connectivity index (χ4n) is 3.98. The van der Waals surface area contributed by atoms with Crippen LogP contribution in [0.1, 0.15) is 37.3 Å². The van der Waals surface area contributed by atoms with E-state index in [1.165, 1.54) is 7.11 Å². The van der Waals surface area contributed by atoms with Crippen molar-refractivity contribution in [1.29, 1.82) is 0 Å². The standard InChI is InChI=1S/C26H30N2O6/c1-16(2)12-13-22(25(30)31)27-24(29)23(15-33-3)28-26(32)34-14-21-19-10-6-4-8-17(19)18-9-5-7-11-20(18)21/h4-12,21-23H,13-15H2,1-3H3,(H,27,29)(H,28,32)(H,30,31)/t22?,23-/m0/s1. The van der Waals surface area contributed by atoms with Gasteiger partial charge in [-0.05, 0) is 42.5 Å². The molecule has 0 bridgehead atoms. The van der Waals surface area contributed by atoms with Crippen LogP contribution in [-0.2, 0) is 19.1 Å². The molecule has 2 amide bonds. The zero-order valence-corrected chi connectivity index (χ0v) is 19.5. The third-order valence-electron chi connectivity index (χ3n) is 5.66. The number of alkyl carbamates (subject to hydrolysis) is 1. The molecule has 180 valence electrons. The van der Waals surface area contributed by atoms with Crippen LogP contribution in [0.25, 0.3) is 11.1 Å². The highest BCUT2D eigenvalue weighted by Gasteiger charge is 2.30. The lowest BCUT2D eigenvalue weighted by molar-refractivity contribution is -0.142. The number of ether oxygens (including phenoxy) is 2. The highest BCUT2D eigenvalue weighted by Crippen LogP contribution is 2.44. The Morgan fingerprint density at radius 1 is 0.971 bits per heavy atom. The molecule has 0 spiro atoms. The number of allylic oxidation sites excluding steroid dienone is 1. The molecule has 3 N–H and O–H groups in total. The molecule has 3 rings (SSSR count). The number of hydrogen-bond acceptors (Lipinski definition) is 5. The molecule has 0 aliphatic heterocycles. The number of amides is 2. The van der Waals surface area contributed by atoms with Gasteiger partial charge in [-0.25, -0.2) is 9.59 Å². The van der Waals surface area contributed by atoms with E-state index < -0.39 is 30.1 Å². The highest BCUT2D eigenvalue weighted by atomic mass is 16.5. The van der Waals surface area contributed by atoms with Gasteiger partial charge in [-0.2, -0.15) is 0 Å². The summed E-state index contributed by atoms with van der Waals surface area (Å²) in [5.41, 5.74) is 5.31. The monoisotopic (exact) mass is 466 g/mol. The number of methoxy groups -OCH3 is 1. The second-order valence-electron chi connectivity index (χ2n) is 8.39. The number of hydrogen-bond donors (Lipinski definition) is 3. The molecule has 0 heterocycles. The van der Waals surface area contributed by atoms with E-state index in [9.17, 15) is 19.5 Å². The third-order valence-corrected chi connectivity index (χ3v) is 5.66. The Morgan fingerprint density at radius 2 is 1.56 bits per heavy atom. The summed E-state index contributed by atoms with van der Waals surface area (Å²) in [5.74, 6) is -1.94. The number of carboxylic acid groups (broad SMARTS) is 1. The van der Waals surface area contributed by atoms with Gasteiger partial charge in [-0.1, -0.05) is 60.2 Å². The van der Waals surface area contributed by atoms with Crippen molar-refractivity contribution < 1.29 is 29.0 Å². The van der Waals surface area contributed by atoms with E-state index in [0.717, 1.165) is 27.8 Å². The lowest BCUT2D eigenvalue weighted by Gasteiger charge is -2.21. The molecular formula is C26H30N2O6. The van der Waals surface area contributed by atoms with Crippen LogP contribution in [0, 0.1) is 0 Å². The van der Waals surface area contributed by atoms with E-state index in [2.05, 4.69) is 10.6 Å². The summed E-state index contributed by atoms with van der Waals surface area (Å²) in [6.45, 7) is 3.64. The summed E-state index contributed by atoms with van der Waals surface area (Å²) >= 11 is 0. The predicted molar refractivity (Wildman–Crippen MR) is 127 cm³/mol. The van der Waals surface area contributed by atoms with E-state index in [1.807, 2.05) is 62.4 Å². The van der Waals surface area contributed by atoms with Crippen LogP contribution in [-0.4, -0.2) is 55.5 Å². The Hall–Kier alpha value is -3.65. The maximum absolute atomic E-state index is 12.7. The maximum Gasteiger partial charge on any atom is 0.407 e. The summed E-state index contributed by atoms with van der Waals surface area (Å²) in [6.07, 6.45) is 1.08. The normalized spacial score (nSPS) is 13.7. The molecule has 0 saturated carbocycles. The topological polar surface area (TPSA) is 114 Å². The van der Waals surface area contributed by atoms with Crippen LogP contribution in [0.15, 0.2) is 60.2 Å². The summed E-state index contributed by atoms with van der Waals surface area (Å²) in [5, 5.41) is 14.4. The van der Waals surface area contributed by atoms with Gasteiger partial charge in [0.15, 0.2) is 0 Å². The second-order valence-corrected chi connectivity index (χ2v) is 8.39. The van der Waals surface area contributed by atoms with E-state index in [0.29, 0.717) is 0 Å². The first-order chi connectivity index (χ1) is 16.3. The van der Waals surface area contributed by atoms with Gasteiger partial charge in [-0.3, -0.25) is 4.79 Å². The number of fused-ring (bicyclic) bond motifs is 3. The summed E-state index contributed by atoms with van der Waals surface area (Å²) in [4.78, 5) is 36.7. The Labute approximate surface area is 199 Å². The fraction of sp³-hybridized carbons (Fsp3) is 0.346. The highest BCUT2D eigenvalue weighted by molar-refractivity contribution is 5.89. The van der Waals surface area contributed by atoms with Crippen LogP contribution in [0.2, 0.25) is 0 Å². The largest absolute Gasteiger partial charge is 0.480 e. The molecule has 1 aliphatic carbocycles. The van der Waals surface area contributed by atoms with E-state index in [4.69, 9.17) is 9.47 Å². The molecule has 2 aromatic carbocycles. The first kappa shape index (κ1) is 25.0. The quantitative estimate of drug-likeness (QED) is 0.462. The van der Waals surface area contributed by atoms with Gasteiger partial charge in [0.25, 0.3) is 0 Å². The smallest absolute Gasteiger partial charge is 0.407 e. The van der Waals surface area contributed by atoms with Crippen LogP contribution in [0.5, 0.6) is 0 Å². The second kappa shape index (κ2) is 11.5.